The van der Waals surface area contributed by atoms with Gasteiger partial charge in [0.1, 0.15) is 12.6 Å². The van der Waals surface area contributed by atoms with Crippen molar-refractivity contribution < 1.29 is 24.3 Å². The Morgan fingerprint density at radius 1 is 1.26 bits per heavy atom. The van der Waals surface area contributed by atoms with Gasteiger partial charge in [-0.05, 0) is 17.9 Å². The van der Waals surface area contributed by atoms with Crippen LogP contribution in [0.1, 0.15) is 27.7 Å². The Morgan fingerprint density at radius 3 is 2.22 bits per heavy atom. The maximum Gasteiger partial charge on any atom is 0.347 e. The average molecular weight is 325 g/mol. The number of allylic oxidation sites excluding steroid dienone is 2. The zero-order chi connectivity index (χ0) is 18.2. The lowest BCUT2D eigenvalue weighted by Crippen LogP contribution is -2.48. The second-order valence-corrected chi connectivity index (χ2v) is 6.21. The van der Waals surface area contributed by atoms with Gasteiger partial charge >= 0.3 is 11.9 Å². The van der Waals surface area contributed by atoms with Gasteiger partial charge in [0.05, 0.1) is 0 Å². The molecular weight excluding hydrogens is 298 g/mol. The molecule has 0 aromatic carbocycles. The largest absolute Gasteiger partial charge is 0.458 e. The molecule has 0 rings (SSSR count). The van der Waals surface area contributed by atoms with E-state index in [0.29, 0.717) is 5.57 Å². The van der Waals surface area contributed by atoms with Gasteiger partial charge in [-0.2, -0.15) is 5.06 Å². The number of likely N-dealkylation sites (N-methyl/N-ethyl adjacent to an activating group) is 1. The van der Waals surface area contributed by atoms with E-state index >= 15 is 0 Å². The summed E-state index contributed by atoms with van der Waals surface area (Å²) in [6, 6.07) is -0.901. The fourth-order valence-corrected chi connectivity index (χ4v) is 1.95. The van der Waals surface area contributed by atoms with Gasteiger partial charge in [0.2, 0.25) is 0 Å². The second-order valence-electron chi connectivity index (χ2n) is 6.21. The molecule has 0 aliphatic carbocycles. The van der Waals surface area contributed by atoms with E-state index in [1.165, 1.54) is 14.0 Å². The summed E-state index contributed by atoms with van der Waals surface area (Å²) in [6.07, 6.45) is 3.68. The Labute approximate surface area is 138 Å². The summed E-state index contributed by atoms with van der Waals surface area (Å²) < 4.78 is 10.2. The zero-order valence-corrected chi connectivity index (χ0v) is 14.5. The number of esters is 2. The number of ether oxygens (including phenoxy) is 2. The van der Waals surface area contributed by atoms with Gasteiger partial charge in [0.15, 0.2) is 6.10 Å². The number of carbonyl (C=O) groups is 2. The first-order chi connectivity index (χ1) is 10.5. The molecule has 0 unspecified atom stereocenters. The number of hydrogen-bond acceptors (Lipinski definition) is 6. The molecule has 6 nitrogen and oxygen atoms in total. The van der Waals surface area contributed by atoms with Crippen LogP contribution in [0, 0.1) is 5.41 Å². The lowest BCUT2D eigenvalue weighted by atomic mass is 9.86. The van der Waals surface area contributed by atoms with Crippen LogP contribution in [0.4, 0.5) is 0 Å². The lowest BCUT2D eigenvalue weighted by Gasteiger charge is -2.32. The monoisotopic (exact) mass is 325 g/mol. The summed E-state index contributed by atoms with van der Waals surface area (Å²) in [5.74, 6) is -1.37. The fraction of sp³-hybridized carbons (Fsp3) is 0.529. The number of rotatable bonds is 8. The van der Waals surface area contributed by atoms with Crippen molar-refractivity contribution in [2.24, 2.45) is 5.41 Å². The van der Waals surface area contributed by atoms with E-state index < -0.39 is 29.5 Å². The van der Waals surface area contributed by atoms with Gasteiger partial charge in [-0.1, -0.05) is 52.2 Å². The standard InChI is InChI=1S/C17H27NO5/c1-8-10-13(9-2)11-22-15(19)12(3)23-16(20)14(18(7)21)17(4,5)6/h8-10,12,14,21H,1-2,11H2,3-7H3/b13-10+/t12-,14-/m1/s1. The summed E-state index contributed by atoms with van der Waals surface area (Å²) in [5.41, 5.74) is 0.113. The van der Waals surface area contributed by atoms with Crippen LogP contribution < -0.4 is 0 Å². The summed E-state index contributed by atoms with van der Waals surface area (Å²) >= 11 is 0. The molecule has 0 bridgehead atoms. The van der Waals surface area contributed by atoms with Crippen molar-refractivity contribution in [1.82, 2.24) is 5.06 Å². The zero-order valence-electron chi connectivity index (χ0n) is 14.5. The molecule has 1 N–H and O–H groups in total. The highest BCUT2D eigenvalue weighted by Gasteiger charge is 2.37. The summed E-state index contributed by atoms with van der Waals surface area (Å²) in [6.45, 7) is 13.9. The highest BCUT2D eigenvalue weighted by Crippen LogP contribution is 2.24. The molecule has 130 valence electrons. The SMILES string of the molecule is C=C/C=C(\C=C)COC(=O)[C@@H](C)OC(=O)[C@@H](N(C)O)C(C)(C)C. The van der Waals surface area contributed by atoms with Crippen molar-refractivity contribution in [2.75, 3.05) is 13.7 Å². The van der Waals surface area contributed by atoms with Crippen molar-refractivity contribution >= 4 is 11.9 Å². The quantitative estimate of drug-likeness (QED) is 0.420. The van der Waals surface area contributed by atoms with Gasteiger partial charge in [-0.25, -0.2) is 4.79 Å². The normalized spacial score (nSPS) is 14.8. The van der Waals surface area contributed by atoms with E-state index in [4.69, 9.17) is 9.47 Å². The van der Waals surface area contributed by atoms with E-state index in [2.05, 4.69) is 13.2 Å². The maximum atomic E-state index is 12.2. The molecule has 0 aromatic heterocycles. The van der Waals surface area contributed by atoms with Gasteiger partial charge in [0, 0.05) is 7.05 Å². The summed E-state index contributed by atoms with van der Waals surface area (Å²) in [4.78, 5) is 24.1. The van der Waals surface area contributed by atoms with Crippen LogP contribution in [0.2, 0.25) is 0 Å². The molecule has 0 aliphatic heterocycles. The van der Waals surface area contributed by atoms with E-state index in [-0.39, 0.29) is 6.61 Å². The van der Waals surface area contributed by atoms with E-state index in [1.54, 1.807) is 39.0 Å². The van der Waals surface area contributed by atoms with Gasteiger partial charge < -0.3 is 14.7 Å². The van der Waals surface area contributed by atoms with E-state index in [9.17, 15) is 14.8 Å². The predicted octanol–water partition coefficient (Wildman–Crippen LogP) is 2.50. The van der Waals surface area contributed by atoms with Crippen LogP contribution in [-0.2, 0) is 19.1 Å². The molecule has 0 fully saturated rings. The van der Waals surface area contributed by atoms with Crippen molar-refractivity contribution in [3.05, 3.63) is 37.0 Å². The molecule has 23 heavy (non-hydrogen) atoms. The highest BCUT2D eigenvalue weighted by atomic mass is 16.6. The average Bonchev–Trinajstić information content (AvgIpc) is 2.40. The molecular formula is C17H27NO5. The topological polar surface area (TPSA) is 76.1 Å². The molecule has 0 saturated heterocycles. The fourth-order valence-electron chi connectivity index (χ4n) is 1.95. The van der Waals surface area contributed by atoms with Crippen molar-refractivity contribution in [3.63, 3.8) is 0 Å². The molecule has 2 atom stereocenters. The molecule has 0 amide bonds. The number of carbonyl (C=O) groups excluding carboxylic acids is 2. The Morgan fingerprint density at radius 2 is 1.83 bits per heavy atom. The smallest absolute Gasteiger partial charge is 0.347 e. The van der Waals surface area contributed by atoms with Crippen molar-refractivity contribution in [1.29, 1.82) is 0 Å². The minimum atomic E-state index is -1.08. The lowest BCUT2D eigenvalue weighted by molar-refractivity contribution is -0.189. The molecule has 6 heteroatoms. The van der Waals surface area contributed by atoms with Crippen LogP contribution >= 0.6 is 0 Å². The van der Waals surface area contributed by atoms with Crippen molar-refractivity contribution in [3.8, 4) is 0 Å². The van der Waals surface area contributed by atoms with Crippen LogP contribution in [0.15, 0.2) is 37.0 Å². The first-order valence-electron chi connectivity index (χ1n) is 7.27. The van der Waals surface area contributed by atoms with Crippen LogP contribution in [-0.4, -0.2) is 48.0 Å². The van der Waals surface area contributed by atoms with Gasteiger partial charge in [0.25, 0.3) is 0 Å². The Balaban J connectivity index is 4.73. The van der Waals surface area contributed by atoms with Crippen LogP contribution in [0.3, 0.4) is 0 Å². The molecule has 0 spiro atoms. The third-order valence-corrected chi connectivity index (χ3v) is 3.02. The number of hydrogen-bond donors (Lipinski definition) is 1. The second kappa shape index (κ2) is 9.27. The maximum absolute atomic E-state index is 12.2. The molecule has 0 radical (unpaired) electrons. The van der Waals surface area contributed by atoms with E-state index in [0.717, 1.165) is 5.06 Å². The van der Waals surface area contributed by atoms with Crippen molar-refractivity contribution in [2.45, 2.75) is 39.8 Å². The van der Waals surface area contributed by atoms with Crippen LogP contribution in [0.25, 0.3) is 0 Å². The minimum Gasteiger partial charge on any atom is -0.458 e. The van der Waals surface area contributed by atoms with Gasteiger partial charge in [-0.15, -0.1) is 0 Å². The third-order valence-electron chi connectivity index (χ3n) is 3.02. The minimum absolute atomic E-state index is 0.0127. The first-order valence-corrected chi connectivity index (χ1v) is 7.27. The van der Waals surface area contributed by atoms with E-state index in [1.807, 2.05) is 0 Å². The molecule has 0 aliphatic rings. The third kappa shape index (κ3) is 7.25. The predicted molar refractivity (Wildman–Crippen MR) is 87.8 cm³/mol. The Hall–Kier alpha value is -1.92. The Kier molecular flexibility index (Phi) is 8.50. The Bertz CT molecular complexity index is 474. The number of nitrogens with zero attached hydrogens (tertiary/aromatic N) is 1. The highest BCUT2D eigenvalue weighted by molar-refractivity contribution is 5.82. The summed E-state index contributed by atoms with van der Waals surface area (Å²) in [5, 5.41) is 10.4. The molecule has 0 aromatic rings. The molecule has 0 heterocycles. The molecule has 0 saturated carbocycles. The van der Waals surface area contributed by atoms with Gasteiger partial charge in [-0.3, -0.25) is 4.79 Å². The van der Waals surface area contributed by atoms with Crippen LogP contribution in [0.5, 0.6) is 0 Å². The first kappa shape index (κ1) is 21.1. The number of hydroxylamine groups is 2. The summed E-state index contributed by atoms with van der Waals surface area (Å²) in [7, 11) is 1.36.